The van der Waals surface area contributed by atoms with Gasteiger partial charge in [-0.15, -0.1) is 0 Å². The van der Waals surface area contributed by atoms with E-state index in [2.05, 4.69) is 0 Å². The third kappa shape index (κ3) is 1.88. The predicted molar refractivity (Wildman–Crippen MR) is 65.9 cm³/mol. The molecule has 2 aliphatic carbocycles. The van der Waals surface area contributed by atoms with Crippen LogP contribution in [0, 0.1) is 5.41 Å². The molecular formula is C14H19F3O3. The Hall–Kier alpha value is -1.04. The second-order valence-electron chi connectivity index (χ2n) is 5.73. The average molecular weight is 292 g/mol. The van der Waals surface area contributed by atoms with Crippen LogP contribution >= 0.6 is 0 Å². The van der Waals surface area contributed by atoms with Gasteiger partial charge < -0.3 is 9.84 Å². The van der Waals surface area contributed by atoms with Crippen molar-refractivity contribution in [1.29, 1.82) is 0 Å². The van der Waals surface area contributed by atoms with E-state index < -0.39 is 23.2 Å². The normalized spacial score (nSPS) is 34.1. The van der Waals surface area contributed by atoms with Crippen LogP contribution in [0.3, 0.4) is 0 Å². The monoisotopic (exact) mass is 292 g/mol. The van der Waals surface area contributed by atoms with Crippen LogP contribution in [-0.4, -0.2) is 29.5 Å². The van der Waals surface area contributed by atoms with E-state index in [4.69, 9.17) is 4.74 Å². The highest BCUT2D eigenvalue weighted by atomic mass is 19.4. The summed E-state index contributed by atoms with van der Waals surface area (Å²) in [5.41, 5.74) is -4.50. The lowest BCUT2D eigenvalue weighted by Crippen LogP contribution is -2.59. The summed E-state index contributed by atoms with van der Waals surface area (Å²) in [7, 11) is 0. The summed E-state index contributed by atoms with van der Waals surface area (Å²) >= 11 is 0. The summed E-state index contributed by atoms with van der Waals surface area (Å²) in [5.74, 6) is -0.978. The second-order valence-corrected chi connectivity index (χ2v) is 5.73. The van der Waals surface area contributed by atoms with Crippen molar-refractivity contribution in [2.45, 2.75) is 57.7 Å². The van der Waals surface area contributed by atoms with Gasteiger partial charge in [0.15, 0.2) is 5.60 Å². The molecule has 2 rings (SSSR count). The summed E-state index contributed by atoms with van der Waals surface area (Å²) in [4.78, 5) is 12.1. The van der Waals surface area contributed by atoms with Crippen molar-refractivity contribution in [3.63, 3.8) is 0 Å². The quantitative estimate of drug-likeness (QED) is 0.628. The van der Waals surface area contributed by atoms with Gasteiger partial charge in [-0.1, -0.05) is 5.57 Å². The molecule has 0 spiro atoms. The first kappa shape index (κ1) is 15.4. The lowest BCUT2D eigenvalue weighted by Gasteiger charge is -2.40. The minimum Gasteiger partial charge on any atom is -0.465 e. The van der Waals surface area contributed by atoms with Gasteiger partial charge in [-0.05, 0) is 51.5 Å². The molecule has 0 unspecified atom stereocenters. The maximum atomic E-state index is 13.5. The summed E-state index contributed by atoms with van der Waals surface area (Å²) < 4.78 is 45.4. The number of hydrogen-bond acceptors (Lipinski definition) is 3. The van der Waals surface area contributed by atoms with E-state index in [1.165, 1.54) is 6.92 Å². The largest absolute Gasteiger partial charge is 0.465 e. The Kier molecular flexibility index (Phi) is 3.65. The number of alkyl halides is 3. The van der Waals surface area contributed by atoms with Crippen LogP contribution in [0.25, 0.3) is 0 Å². The van der Waals surface area contributed by atoms with E-state index in [0.717, 1.165) is 13.3 Å². The van der Waals surface area contributed by atoms with Crippen molar-refractivity contribution < 1.29 is 27.8 Å². The van der Waals surface area contributed by atoms with E-state index >= 15 is 0 Å². The molecule has 1 N–H and O–H groups in total. The van der Waals surface area contributed by atoms with Gasteiger partial charge in [-0.2, -0.15) is 13.2 Å². The van der Waals surface area contributed by atoms with Crippen molar-refractivity contribution >= 4 is 5.97 Å². The fourth-order valence-corrected chi connectivity index (χ4v) is 3.48. The number of esters is 1. The minimum absolute atomic E-state index is 0.00692. The number of ether oxygens (including phenoxy) is 1. The van der Waals surface area contributed by atoms with Gasteiger partial charge >= 0.3 is 12.1 Å². The Morgan fingerprint density at radius 3 is 2.50 bits per heavy atom. The molecule has 0 bridgehead atoms. The molecule has 0 amide bonds. The number of allylic oxidation sites excluding steroid dienone is 1. The molecule has 0 aromatic heterocycles. The Bertz CT molecular complexity index is 455. The zero-order chi connectivity index (χ0) is 15.2. The molecule has 0 saturated carbocycles. The van der Waals surface area contributed by atoms with Crippen LogP contribution in [0.5, 0.6) is 0 Å². The molecule has 0 heterocycles. The third-order valence-corrected chi connectivity index (χ3v) is 4.52. The summed E-state index contributed by atoms with van der Waals surface area (Å²) in [6, 6.07) is 0. The van der Waals surface area contributed by atoms with Gasteiger partial charge in [0.05, 0.1) is 6.61 Å². The number of halogens is 3. The van der Waals surface area contributed by atoms with Crippen LogP contribution in [-0.2, 0) is 9.53 Å². The van der Waals surface area contributed by atoms with Gasteiger partial charge in [-0.3, -0.25) is 4.79 Å². The number of carbonyl (C=O) groups is 1. The number of rotatable bonds is 2. The predicted octanol–water partition coefficient (Wildman–Crippen LogP) is 3.12. The van der Waals surface area contributed by atoms with Crippen molar-refractivity contribution in [2.24, 2.45) is 5.41 Å². The van der Waals surface area contributed by atoms with Crippen LogP contribution < -0.4 is 0 Å². The summed E-state index contributed by atoms with van der Waals surface area (Å²) in [6.07, 6.45) is -2.84. The van der Waals surface area contributed by atoms with Crippen molar-refractivity contribution in [2.75, 3.05) is 6.61 Å². The molecule has 0 radical (unpaired) electrons. The summed E-state index contributed by atoms with van der Waals surface area (Å²) in [5, 5.41) is 10.5. The van der Waals surface area contributed by atoms with Gasteiger partial charge in [0.25, 0.3) is 0 Å². The lowest BCUT2D eigenvalue weighted by molar-refractivity contribution is -0.278. The van der Waals surface area contributed by atoms with Crippen molar-refractivity contribution in [1.82, 2.24) is 0 Å². The first-order valence-electron chi connectivity index (χ1n) is 6.86. The highest BCUT2D eigenvalue weighted by Gasteiger charge is 2.72. The van der Waals surface area contributed by atoms with Crippen LogP contribution in [0.4, 0.5) is 13.2 Å². The highest BCUT2D eigenvalue weighted by Crippen LogP contribution is 2.60. The van der Waals surface area contributed by atoms with Gasteiger partial charge in [0.2, 0.25) is 0 Å². The Balaban J connectivity index is 2.53. The molecule has 0 saturated heterocycles. The summed E-state index contributed by atoms with van der Waals surface area (Å²) in [6.45, 7) is 2.69. The first-order chi connectivity index (χ1) is 9.18. The topological polar surface area (TPSA) is 46.5 Å². The van der Waals surface area contributed by atoms with E-state index in [0.29, 0.717) is 18.4 Å². The van der Waals surface area contributed by atoms with Crippen molar-refractivity contribution in [3.8, 4) is 0 Å². The number of hydrogen-bond donors (Lipinski definition) is 1. The van der Waals surface area contributed by atoms with E-state index in [1.807, 2.05) is 0 Å². The zero-order valence-electron chi connectivity index (χ0n) is 11.6. The molecule has 0 aliphatic heterocycles. The van der Waals surface area contributed by atoms with Gasteiger partial charge in [-0.25, -0.2) is 0 Å². The first-order valence-corrected chi connectivity index (χ1v) is 6.86. The van der Waals surface area contributed by atoms with Crippen LogP contribution in [0.1, 0.15) is 46.0 Å². The molecule has 114 valence electrons. The van der Waals surface area contributed by atoms with E-state index in [9.17, 15) is 23.1 Å². The highest BCUT2D eigenvalue weighted by molar-refractivity contribution is 5.81. The molecule has 0 fully saturated rings. The zero-order valence-corrected chi connectivity index (χ0v) is 11.6. The molecular weight excluding hydrogens is 273 g/mol. The fraction of sp³-hybridized carbons (Fsp3) is 0.786. The SMILES string of the molecule is CCOC(=O)[C@@]1(C)CC2=C(CCCC2)[C@]1(O)C(F)(F)F. The van der Waals surface area contributed by atoms with Crippen LogP contribution in [0.2, 0.25) is 0 Å². The van der Waals surface area contributed by atoms with Crippen molar-refractivity contribution in [3.05, 3.63) is 11.1 Å². The molecule has 2 aliphatic rings. The second kappa shape index (κ2) is 4.76. The van der Waals surface area contributed by atoms with E-state index in [-0.39, 0.29) is 25.0 Å². The average Bonchev–Trinajstić information content (AvgIpc) is 2.61. The molecule has 0 aromatic rings. The van der Waals surface area contributed by atoms with E-state index in [1.54, 1.807) is 0 Å². The fourth-order valence-electron chi connectivity index (χ4n) is 3.48. The Morgan fingerprint density at radius 1 is 1.35 bits per heavy atom. The van der Waals surface area contributed by atoms with Gasteiger partial charge in [0, 0.05) is 0 Å². The lowest BCUT2D eigenvalue weighted by atomic mass is 9.71. The maximum absolute atomic E-state index is 13.5. The van der Waals surface area contributed by atoms with Crippen LogP contribution in [0.15, 0.2) is 11.1 Å². The number of carbonyl (C=O) groups excluding carboxylic acids is 1. The standard InChI is InChI=1S/C14H19F3O3/c1-3-20-11(18)12(2)8-9-6-4-5-7-10(9)13(12,19)14(15,16)17/h19H,3-8H2,1-2H3/t12-,13-/m1/s1. The van der Waals surface area contributed by atoms with Gasteiger partial charge in [0.1, 0.15) is 5.41 Å². The minimum atomic E-state index is -4.89. The molecule has 20 heavy (non-hydrogen) atoms. The number of aliphatic hydroxyl groups is 1. The Morgan fingerprint density at radius 2 is 1.95 bits per heavy atom. The molecule has 6 heteroatoms. The third-order valence-electron chi connectivity index (χ3n) is 4.52. The molecule has 3 nitrogen and oxygen atoms in total. The Labute approximate surface area is 115 Å². The molecule has 0 aromatic carbocycles. The smallest absolute Gasteiger partial charge is 0.422 e. The maximum Gasteiger partial charge on any atom is 0.422 e. The molecule has 2 atom stereocenters.